The molecule has 0 bridgehead atoms. The molecule has 1 saturated heterocycles. The summed E-state index contributed by atoms with van der Waals surface area (Å²) in [4.78, 5) is 16.6. The van der Waals surface area contributed by atoms with Crippen LogP contribution < -0.4 is 10.6 Å². The third-order valence-electron chi connectivity index (χ3n) is 3.65. The number of benzene rings is 1. The van der Waals surface area contributed by atoms with E-state index in [2.05, 4.69) is 15.6 Å². The lowest BCUT2D eigenvalue weighted by Crippen LogP contribution is -2.37. The minimum absolute atomic E-state index is 0.0335. The fourth-order valence-corrected chi connectivity index (χ4v) is 2.77. The van der Waals surface area contributed by atoms with Gasteiger partial charge in [-0.1, -0.05) is 11.6 Å². The van der Waals surface area contributed by atoms with E-state index in [-0.39, 0.29) is 11.8 Å². The van der Waals surface area contributed by atoms with Gasteiger partial charge >= 0.3 is 0 Å². The van der Waals surface area contributed by atoms with Gasteiger partial charge in [0.05, 0.1) is 22.1 Å². The Labute approximate surface area is 122 Å². The van der Waals surface area contributed by atoms with Crippen LogP contribution in [0.4, 0.5) is 5.69 Å². The average molecular weight is 290 g/mol. The van der Waals surface area contributed by atoms with Gasteiger partial charge in [0, 0.05) is 18.1 Å². The predicted molar refractivity (Wildman–Crippen MR) is 81.0 cm³/mol. The van der Waals surface area contributed by atoms with Gasteiger partial charge in [-0.25, -0.2) is 0 Å². The second kappa shape index (κ2) is 5.77. The molecule has 0 radical (unpaired) electrons. The number of fused-ring (bicyclic) bond motifs is 1. The van der Waals surface area contributed by atoms with Crippen molar-refractivity contribution in [3.63, 3.8) is 0 Å². The molecule has 20 heavy (non-hydrogen) atoms. The van der Waals surface area contributed by atoms with Gasteiger partial charge in [0.15, 0.2) is 0 Å². The van der Waals surface area contributed by atoms with E-state index in [1.165, 1.54) is 0 Å². The Morgan fingerprint density at radius 3 is 3.10 bits per heavy atom. The number of carbonyl (C=O) groups is 1. The van der Waals surface area contributed by atoms with Crippen molar-refractivity contribution in [2.24, 2.45) is 5.92 Å². The predicted octanol–water partition coefficient (Wildman–Crippen LogP) is 2.83. The first-order valence-corrected chi connectivity index (χ1v) is 7.18. The van der Waals surface area contributed by atoms with Crippen LogP contribution in [0.5, 0.6) is 0 Å². The second-order valence-electron chi connectivity index (χ2n) is 5.03. The average Bonchev–Trinajstić information content (AvgIpc) is 2.51. The molecule has 1 aromatic heterocycles. The zero-order valence-corrected chi connectivity index (χ0v) is 11.8. The molecule has 4 nitrogen and oxygen atoms in total. The van der Waals surface area contributed by atoms with Crippen molar-refractivity contribution < 1.29 is 4.79 Å². The number of carbonyl (C=O) groups excluding carboxylic acids is 1. The van der Waals surface area contributed by atoms with Gasteiger partial charge in [0.1, 0.15) is 0 Å². The third kappa shape index (κ3) is 2.62. The number of pyridine rings is 1. The van der Waals surface area contributed by atoms with Gasteiger partial charge in [-0.15, -0.1) is 0 Å². The van der Waals surface area contributed by atoms with Gasteiger partial charge in [0.2, 0.25) is 5.91 Å². The summed E-state index contributed by atoms with van der Waals surface area (Å²) in [6.45, 7) is 1.74. The van der Waals surface area contributed by atoms with Crippen LogP contribution in [0.25, 0.3) is 10.9 Å². The number of hydrogen-bond acceptors (Lipinski definition) is 3. The number of piperidine rings is 1. The highest BCUT2D eigenvalue weighted by Gasteiger charge is 2.21. The maximum absolute atomic E-state index is 12.3. The molecule has 0 aliphatic carbocycles. The molecule has 1 aromatic carbocycles. The van der Waals surface area contributed by atoms with Crippen LogP contribution in [0, 0.1) is 5.92 Å². The molecule has 2 aromatic rings. The van der Waals surface area contributed by atoms with Crippen molar-refractivity contribution in [1.29, 1.82) is 0 Å². The van der Waals surface area contributed by atoms with E-state index in [4.69, 9.17) is 11.6 Å². The Kier molecular flexibility index (Phi) is 3.85. The fourth-order valence-electron chi connectivity index (χ4n) is 2.56. The molecule has 1 atom stereocenters. The number of halogens is 1. The number of hydrogen-bond donors (Lipinski definition) is 2. The zero-order chi connectivity index (χ0) is 13.9. The molecular weight excluding hydrogens is 274 g/mol. The number of nitrogens with zero attached hydrogens (tertiary/aromatic N) is 1. The highest BCUT2D eigenvalue weighted by molar-refractivity contribution is 6.35. The quantitative estimate of drug-likeness (QED) is 0.894. The Morgan fingerprint density at radius 1 is 1.40 bits per heavy atom. The molecule has 2 heterocycles. The van der Waals surface area contributed by atoms with Crippen molar-refractivity contribution in [2.75, 3.05) is 18.4 Å². The largest absolute Gasteiger partial charge is 0.325 e. The van der Waals surface area contributed by atoms with E-state index in [1.54, 1.807) is 12.3 Å². The lowest BCUT2D eigenvalue weighted by molar-refractivity contribution is -0.120. The Bertz CT molecular complexity index is 638. The summed E-state index contributed by atoms with van der Waals surface area (Å²) in [7, 11) is 0. The van der Waals surface area contributed by atoms with Crippen LogP contribution in [0.1, 0.15) is 12.8 Å². The molecule has 0 spiro atoms. The standard InChI is InChI=1S/C15H16ClN3O/c16-12-5-6-13(11-4-2-8-18-14(11)12)19-15(20)10-3-1-7-17-9-10/h2,4-6,8,10,17H,1,3,7,9H2,(H,19,20). The van der Waals surface area contributed by atoms with E-state index in [0.717, 1.165) is 37.0 Å². The third-order valence-corrected chi connectivity index (χ3v) is 3.95. The summed E-state index contributed by atoms with van der Waals surface area (Å²) in [6.07, 6.45) is 3.68. The Balaban J connectivity index is 1.87. The number of rotatable bonds is 2. The summed E-state index contributed by atoms with van der Waals surface area (Å²) in [5.41, 5.74) is 1.49. The number of anilines is 1. The van der Waals surface area contributed by atoms with Crippen LogP contribution in [0.2, 0.25) is 5.02 Å². The van der Waals surface area contributed by atoms with Gasteiger partial charge in [0.25, 0.3) is 0 Å². The zero-order valence-electron chi connectivity index (χ0n) is 11.0. The van der Waals surface area contributed by atoms with Crippen LogP contribution in [0.15, 0.2) is 30.5 Å². The molecule has 104 valence electrons. The van der Waals surface area contributed by atoms with Crippen LogP contribution in [-0.4, -0.2) is 24.0 Å². The Hall–Kier alpha value is -1.65. The van der Waals surface area contributed by atoms with Crippen LogP contribution >= 0.6 is 11.6 Å². The summed E-state index contributed by atoms with van der Waals surface area (Å²) in [6, 6.07) is 7.37. The van der Waals surface area contributed by atoms with Crippen LogP contribution in [0.3, 0.4) is 0 Å². The monoisotopic (exact) mass is 289 g/mol. The van der Waals surface area contributed by atoms with Crippen molar-refractivity contribution in [2.45, 2.75) is 12.8 Å². The van der Waals surface area contributed by atoms with Gasteiger partial charge < -0.3 is 10.6 Å². The highest BCUT2D eigenvalue weighted by Crippen LogP contribution is 2.28. The van der Waals surface area contributed by atoms with Crippen molar-refractivity contribution in [3.05, 3.63) is 35.5 Å². The van der Waals surface area contributed by atoms with Gasteiger partial charge in [-0.05, 0) is 43.7 Å². The van der Waals surface area contributed by atoms with Crippen molar-refractivity contribution >= 4 is 34.1 Å². The lowest BCUT2D eigenvalue weighted by atomic mass is 9.98. The topological polar surface area (TPSA) is 54.0 Å². The van der Waals surface area contributed by atoms with Crippen molar-refractivity contribution in [3.8, 4) is 0 Å². The number of amides is 1. The summed E-state index contributed by atoms with van der Waals surface area (Å²) >= 11 is 6.13. The first-order chi connectivity index (χ1) is 9.75. The van der Waals surface area contributed by atoms with E-state index >= 15 is 0 Å². The molecule has 1 aliphatic rings. The fraction of sp³-hybridized carbons (Fsp3) is 0.333. The van der Waals surface area contributed by atoms with Crippen LogP contribution in [-0.2, 0) is 4.79 Å². The first-order valence-electron chi connectivity index (χ1n) is 6.80. The maximum atomic E-state index is 12.3. The van der Waals surface area contributed by atoms with E-state index in [1.807, 2.05) is 18.2 Å². The van der Waals surface area contributed by atoms with E-state index in [9.17, 15) is 4.79 Å². The van der Waals surface area contributed by atoms with E-state index < -0.39 is 0 Å². The maximum Gasteiger partial charge on any atom is 0.228 e. The number of aromatic nitrogens is 1. The van der Waals surface area contributed by atoms with Crippen molar-refractivity contribution in [1.82, 2.24) is 10.3 Å². The molecule has 0 saturated carbocycles. The molecular formula is C15H16ClN3O. The van der Waals surface area contributed by atoms with Gasteiger partial charge in [-0.2, -0.15) is 0 Å². The smallest absolute Gasteiger partial charge is 0.228 e. The second-order valence-corrected chi connectivity index (χ2v) is 5.43. The molecule has 3 rings (SSSR count). The SMILES string of the molecule is O=C(Nc1ccc(Cl)c2ncccc12)C1CCCNC1. The molecule has 5 heteroatoms. The highest BCUT2D eigenvalue weighted by atomic mass is 35.5. The molecule has 1 amide bonds. The molecule has 2 N–H and O–H groups in total. The van der Waals surface area contributed by atoms with Gasteiger partial charge in [-0.3, -0.25) is 9.78 Å². The summed E-state index contributed by atoms with van der Waals surface area (Å²) in [5, 5.41) is 7.73. The molecule has 1 aliphatic heterocycles. The number of nitrogens with one attached hydrogen (secondary N) is 2. The lowest BCUT2D eigenvalue weighted by Gasteiger charge is -2.22. The summed E-state index contributed by atoms with van der Waals surface area (Å²) in [5.74, 6) is 0.0934. The Morgan fingerprint density at radius 2 is 2.30 bits per heavy atom. The normalized spacial score (nSPS) is 18.9. The minimum atomic E-state index is 0.0335. The summed E-state index contributed by atoms with van der Waals surface area (Å²) < 4.78 is 0. The molecule has 1 unspecified atom stereocenters. The first kappa shape index (κ1) is 13.3. The van der Waals surface area contributed by atoms with E-state index in [0.29, 0.717) is 10.5 Å². The molecule has 1 fully saturated rings. The minimum Gasteiger partial charge on any atom is -0.325 e.